The molecule has 0 spiro atoms. The third kappa shape index (κ3) is 1.86. The second-order valence-corrected chi connectivity index (χ2v) is 4.73. The van der Waals surface area contributed by atoms with E-state index in [-0.39, 0.29) is 0 Å². The molecule has 2 N–H and O–H groups in total. The van der Waals surface area contributed by atoms with Gasteiger partial charge in [-0.2, -0.15) is 0 Å². The summed E-state index contributed by atoms with van der Waals surface area (Å²) in [6.07, 6.45) is 3.79. The molecule has 0 saturated carbocycles. The first-order valence-electron chi connectivity index (χ1n) is 5.98. The van der Waals surface area contributed by atoms with E-state index in [1.54, 1.807) is 0 Å². The van der Waals surface area contributed by atoms with E-state index in [1.165, 1.54) is 49.2 Å². The first-order chi connectivity index (χ1) is 7.42. The van der Waals surface area contributed by atoms with E-state index in [1.807, 2.05) is 0 Å². The maximum absolute atomic E-state index is 3.43. The highest BCUT2D eigenvalue weighted by atomic mass is 14.9. The maximum atomic E-state index is 3.43. The zero-order valence-electron chi connectivity index (χ0n) is 9.05. The Kier molecular flexibility index (Phi) is 2.37. The van der Waals surface area contributed by atoms with E-state index in [0.29, 0.717) is 0 Å². The predicted molar refractivity (Wildman–Crippen MR) is 63.3 cm³/mol. The van der Waals surface area contributed by atoms with Gasteiger partial charge in [0.05, 0.1) is 0 Å². The molecule has 15 heavy (non-hydrogen) atoms. The number of fused-ring (bicyclic) bond motifs is 1. The van der Waals surface area contributed by atoms with Gasteiger partial charge in [0, 0.05) is 12.2 Å². The standard InChI is InChI=1S/C13H18N2/c1-2-13-12(4-6-15-13)8-10(1)7-11-3-5-14-9-11/h1-2,8,11,14-15H,3-7,9H2. The van der Waals surface area contributed by atoms with Gasteiger partial charge in [0.15, 0.2) is 0 Å². The summed E-state index contributed by atoms with van der Waals surface area (Å²) in [4.78, 5) is 0. The van der Waals surface area contributed by atoms with Crippen LogP contribution in [0.1, 0.15) is 17.5 Å². The third-order valence-electron chi connectivity index (χ3n) is 3.57. The maximum Gasteiger partial charge on any atom is 0.0373 e. The van der Waals surface area contributed by atoms with Gasteiger partial charge in [-0.3, -0.25) is 0 Å². The molecule has 2 nitrogen and oxygen atoms in total. The Morgan fingerprint density at radius 3 is 3.13 bits per heavy atom. The molecule has 1 atom stereocenters. The van der Waals surface area contributed by atoms with Crippen LogP contribution in [0.25, 0.3) is 0 Å². The predicted octanol–water partition coefficient (Wildman–Crippen LogP) is 1.81. The average Bonchev–Trinajstić information content (AvgIpc) is 2.87. The molecular formula is C13H18N2. The molecule has 0 aromatic heterocycles. The van der Waals surface area contributed by atoms with Crippen molar-refractivity contribution in [3.8, 4) is 0 Å². The van der Waals surface area contributed by atoms with Crippen molar-refractivity contribution >= 4 is 5.69 Å². The largest absolute Gasteiger partial charge is 0.384 e. The number of nitrogens with one attached hydrogen (secondary N) is 2. The van der Waals surface area contributed by atoms with Gasteiger partial charge in [-0.05, 0) is 55.5 Å². The lowest BCUT2D eigenvalue weighted by Gasteiger charge is -2.09. The van der Waals surface area contributed by atoms with Gasteiger partial charge in [-0.25, -0.2) is 0 Å². The van der Waals surface area contributed by atoms with Crippen LogP contribution in [0.3, 0.4) is 0 Å². The fourth-order valence-electron chi connectivity index (χ4n) is 2.71. The van der Waals surface area contributed by atoms with Crippen molar-refractivity contribution in [3.63, 3.8) is 0 Å². The van der Waals surface area contributed by atoms with Gasteiger partial charge >= 0.3 is 0 Å². The normalized spacial score (nSPS) is 23.9. The van der Waals surface area contributed by atoms with Crippen LogP contribution in [0, 0.1) is 5.92 Å². The number of anilines is 1. The van der Waals surface area contributed by atoms with Crippen molar-refractivity contribution in [1.29, 1.82) is 0 Å². The molecule has 2 aliphatic rings. The Morgan fingerprint density at radius 2 is 2.27 bits per heavy atom. The number of hydrogen-bond donors (Lipinski definition) is 2. The van der Waals surface area contributed by atoms with Gasteiger partial charge in [0.25, 0.3) is 0 Å². The molecule has 0 bridgehead atoms. The quantitative estimate of drug-likeness (QED) is 0.764. The Morgan fingerprint density at radius 1 is 1.27 bits per heavy atom. The van der Waals surface area contributed by atoms with Crippen LogP contribution >= 0.6 is 0 Å². The number of hydrogen-bond acceptors (Lipinski definition) is 2. The minimum atomic E-state index is 0.859. The molecular weight excluding hydrogens is 184 g/mol. The lowest BCUT2D eigenvalue weighted by Crippen LogP contribution is -2.10. The summed E-state index contributed by atoms with van der Waals surface area (Å²) < 4.78 is 0. The van der Waals surface area contributed by atoms with Crippen LogP contribution in [-0.2, 0) is 12.8 Å². The topological polar surface area (TPSA) is 24.1 Å². The van der Waals surface area contributed by atoms with Crippen LogP contribution in [0.4, 0.5) is 5.69 Å². The van der Waals surface area contributed by atoms with Crippen molar-refractivity contribution in [3.05, 3.63) is 29.3 Å². The van der Waals surface area contributed by atoms with E-state index in [2.05, 4.69) is 28.8 Å². The second kappa shape index (κ2) is 3.86. The highest BCUT2D eigenvalue weighted by Crippen LogP contribution is 2.25. The molecule has 1 aromatic rings. The molecule has 0 radical (unpaired) electrons. The highest BCUT2D eigenvalue weighted by Gasteiger charge is 2.16. The molecule has 0 amide bonds. The van der Waals surface area contributed by atoms with Crippen molar-refractivity contribution < 1.29 is 0 Å². The monoisotopic (exact) mass is 202 g/mol. The highest BCUT2D eigenvalue weighted by molar-refractivity contribution is 5.56. The van der Waals surface area contributed by atoms with Gasteiger partial charge in [-0.15, -0.1) is 0 Å². The zero-order chi connectivity index (χ0) is 10.1. The van der Waals surface area contributed by atoms with Crippen molar-refractivity contribution in [2.24, 2.45) is 5.92 Å². The summed E-state index contributed by atoms with van der Waals surface area (Å²) in [7, 11) is 0. The summed E-state index contributed by atoms with van der Waals surface area (Å²) in [5.41, 5.74) is 4.38. The Labute approximate surface area is 91.1 Å². The Bertz CT molecular complexity index is 354. The lowest BCUT2D eigenvalue weighted by atomic mass is 9.97. The molecule has 2 aliphatic heterocycles. The van der Waals surface area contributed by atoms with Gasteiger partial charge < -0.3 is 10.6 Å². The smallest absolute Gasteiger partial charge is 0.0373 e. The molecule has 0 aliphatic carbocycles. The minimum absolute atomic E-state index is 0.859. The molecule has 80 valence electrons. The average molecular weight is 202 g/mol. The van der Waals surface area contributed by atoms with Gasteiger partial charge in [0.2, 0.25) is 0 Å². The minimum Gasteiger partial charge on any atom is -0.384 e. The SMILES string of the molecule is c1cc2c(cc1CC1CCNC1)CCN2. The fraction of sp³-hybridized carbons (Fsp3) is 0.538. The van der Waals surface area contributed by atoms with Gasteiger partial charge in [0.1, 0.15) is 0 Å². The molecule has 1 aromatic carbocycles. The van der Waals surface area contributed by atoms with Crippen LogP contribution < -0.4 is 10.6 Å². The molecule has 2 heteroatoms. The molecule has 3 rings (SSSR count). The van der Waals surface area contributed by atoms with E-state index in [0.717, 1.165) is 12.5 Å². The first-order valence-corrected chi connectivity index (χ1v) is 5.98. The third-order valence-corrected chi connectivity index (χ3v) is 3.57. The van der Waals surface area contributed by atoms with Crippen molar-refractivity contribution in [2.75, 3.05) is 25.0 Å². The summed E-state index contributed by atoms with van der Waals surface area (Å²) in [6, 6.07) is 6.93. The molecule has 2 heterocycles. The van der Waals surface area contributed by atoms with E-state index >= 15 is 0 Å². The van der Waals surface area contributed by atoms with Crippen LogP contribution in [0.15, 0.2) is 18.2 Å². The summed E-state index contributed by atoms with van der Waals surface area (Å²) >= 11 is 0. The molecule has 1 saturated heterocycles. The van der Waals surface area contributed by atoms with E-state index in [4.69, 9.17) is 0 Å². The van der Waals surface area contributed by atoms with Crippen LogP contribution in [-0.4, -0.2) is 19.6 Å². The van der Waals surface area contributed by atoms with Gasteiger partial charge in [-0.1, -0.05) is 12.1 Å². The lowest BCUT2D eigenvalue weighted by molar-refractivity contribution is 0.580. The second-order valence-electron chi connectivity index (χ2n) is 4.73. The summed E-state index contributed by atoms with van der Waals surface area (Å²) in [6.45, 7) is 3.52. The molecule has 1 unspecified atom stereocenters. The number of benzene rings is 1. The van der Waals surface area contributed by atoms with Crippen LogP contribution in [0.2, 0.25) is 0 Å². The van der Waals surface area contributed by atoms with E-state index < -0.39 is 0 Å². The van der Waals surface area contributed by atoms with Crippen LogP contribution in [0.5, 0.6) is 0 Å². The Hall–Kier alpha value is -1.02. The van der Waals surface area contributed by atoms with Crippen molar-refractivity contribution in [1.82, 2.24) is 5.32 Å². The fourth-order valence-corrected chi connectivity index (χ4v) is 2.71. The Balaban J connectivity index is 1.75. The van der Waals surface area contributed by atoms with E-state index in [9.17, 15) is 0 Å². The van der Waals surface area contributed by atoms with Crippen molar-refractivity contribution in [2.45, 2.75) is 19.3 Å². The first kappa shape index (κ1) is 9.22. The number of rotatable bonds is 2. The molecule has 1 fully saturated rings. The summed E-state index contributed by atoms with van der Waals surface area (Å²) in [5, 5.41) is 6.84. The summed E-state index contributed by atoms with van der Waals surface area (Å²) in [5.74, 6) is 0.859. The zero-order valence-corrected chi connectivity index (χ0v) is 9.05.